The molecule has 5 rings (SSSR count). The summed E-state index contributed by atoms with van der Waals surface area (Å²) in [6.45, 7) is 2.95. The summed E-state index contributed by atoms with van der Waals surface area (Å²) in [4.78, 5) is 13.0. The molecule has 1 amide bonds. The van der Waals surface area contributed by atoms with Crippen molar-refractivity contribution >= 4 is 43.4 Å². The molecule has 3 aromatic carbocycles. The maximum atomic E-state index is 13.0. The summed E-state index contributed by atoms with van der Waals surface area (Å²) in [5.41, 5.74) is 3.12. The van der Waals surface area contributed by atoms with E-state index < -0.39 is 10.0 Å². The van der Waals surface area contributed by atoms with Crippen molar-refractivity contribution in [2.45, 2.75) is 37.2 Å². The number of rotatable bonds is 7. The van der Waals surface area contributed by atoms with Crippen LogP contribution >= 0.6 is 0 Å². The van der Waals surface area contributed by atoms with Gasteiger partial charge in [0.15, 0.2) is 0 Å². The van der Waals surface area contributed by atoms with Gasteiger partial charge in [-0.3, -0.25) is 4.79 Å². The number of aryl methyl sites for hydroxylation is 1. The number of benzene rings is 3. The average Bonchev–Trinajstić information content (AvgIpc) is 3.57. The Morgan fingerprint density at radius 1 is 1.03 bits per heavy atom. The molecule has 1 aliphatic rings. The molecule has 1 heterocycles. The zero-order valence-corrected chi connectivity index (χ0v) is 19.3. The molecular formula is C25H25N3O4S. The highest BCUT2D eigenvalue weighted by Crippen LogP contribution is 2.32. The molecule has 0 unspecified atom stereocenters. The lowest BCUT2D eigenvalue weighted by Crippen LogP contribution is -2.26. The van der Waals surface area contributed by atoms with E-state index in [1.165, 1.54) is 19.2 Å². The molecule has 0 radical (unpaired) electrons. The highest BCUT2D eigenvalue weighted by molar-refractivity contribution is 7.89. The summed E-state index contributed by atoms with van der Waals surface area (Å²) in [6, 6.07) is 18.4. The van der Waals surface area contributed by atoms with Crippen LogP contribution in [-0.4, -0.2) is 32.0 Å². The molecule has 1 fully saturated rings. The number of hydrogen-bond donors (Lipinski definition) is 2. The van der Waals surface area contributed by atoms with E-state index in [1.807, 2.05) is 30.3 Å². The molecule has 1 saturated carbocycles. The first-order valence-corrected chi connectivity index (χ1v) is 12.4. The van der Waals surface area contributed by atoms with Crippen molar-refractivity contribution in [3.8, 4) is 5.75 Å². The number of methoxy groups -OCH3 is 1. The summed E-state index contributed by atoms with van der Waals surface area (Å²) >= 11 is 0. The van der Waals surface area contributed by atoms with Gasteiger partial charge in [0, 0.05) is 45.6 Å². The van der Waals surface area contributed by atoms with Crippen molar-refractivity contribution < 1.29 is 17.9 Å². The zero-order valence-electron chi connectivity index (χ0n) is 18.5. The molecule has 0 spiro atoms. The Kier molecular flexibility index (Phi) is 5.34. The lowest BCUT2D eigenvalue weighted by atomic mass is 10.1. The number of fused-ring (bicyclic) bond motifs is 3. The number of amides is 1. The van der Waals surface area contributed by atoms with Crippen LogP contribution in [0.3, 0.4) is 0 Å². The summed E-state index contributed by atoms with van der Waals surface area (Å²) in [6.07, 6.45) is 1.64. The van der Waals surface area contributed by atoms with Gasteiger partial charge in [0.05, 0.1) is 7.11 Å². The van der Waals surface area contributed by atoms with Crippen LogP contribution in [0, 0.1) is 0 Å². The Bertz CT molecular complexity index is 1490. The molecule has 33 heavy (non-hydrogen) atoms. The number of hydrogen-bond acceptors (Lipinski definition) is 4. The molecule has 0 aliphatic heterocycles. The maximum Gasteiger partial charge on any atom is 0.255 e. The SMILES string of the molecule is CCn1c2ccccc2c2cc(NC(=O)c3ccc(OC)c(S(=O)(=O)NC4CC4)c3)ccc21. The van der Waals surface area contributed by atoms with E-state index in [0.29, 0.717) is 5.69 Å². The largest absolute Gasteiger partial charge is 0.495 e. The zero-order chi connectivity index (χ0) is 23.2. The Labute approximate surface area is 192 Å². The number of ether oxygens (including phenoxy) is 1. The van der Waals surface area contributed by atoms with Crippen molar-refractivity contribution in [3.05, 3.63) is 66.2 Å². The topological polar surface area (TPSA) is 89.4 Å². The van der Waals surface area contributed by atoms with Gasteiger partial charge in [0.2, 0.25) is 10.0 Å². The van der Waals surface area contributed by atoms with Crippen molar-refractivity contribution in [2.75, 3.05) is 12.4 Å². The van der Waals surface area contributed by atoms with Crippen LogP contribution < -0.4 is 14.8 Å². The highest BCUT2D eigenvalue weighted by atomic mass is 32.2. The van der Waals surface area contributed by atoms with Crippen molar-refractivity contribution in [1.82, 2.24) is 9.29 Å². The van der Waals surface area contributed by atoms with Gasteiger partial charge in [-0.05, 0) is 62.2 Å². The Morgan fingerprint density at radius 3 is 2.52 bits per heavy atom. The second-order valence-corrected chi connectivity index (χ2v) is 9.89. The van der Waals surface area contributed by atoms with Gasteiger partial charge in [-0.1, -0.05) is 18.2 Å². The normalized spacial score (nSPS) is 14.0. The minimum absolute atomic E-state index is 0.0361. The summed E-state index contributed by atoms with van der Waals surface area (Å²) in [5, 5.41) is 5.08. The third-order valence-electron chi connectivity index (χ3n) is 5.96. The van der Waals surface area contributed by atoms with E-state index >= 15 is 0 Å². The van der Waals surface area contributed by atoms with Crippen LogP contribution in [0.15, 0.2) is 65.6 Å². The Morgan fingerprint density at radius 2 is 1.79 bits per heavy atom. The van der Waals surface area contributed by atoms with Gasteiger partial charge in [-0.25, -0.2) is 13.1 Å². The molecule has 0 bridgehead atoms. The van der Waals surface area contributed by atoms with E-state index in [1.54, 1.807) is 6.07 Å². The molecule has 1 aliphatic carbocycles. The molecule has 170 valence electrons. The minimum atomic E-state index is -3.78. The first kappa shape index (κ1) is 21.5. The van der Waals surface area contributed by atoms with Gasteiger partial charge in [-0.15, -0.1) is 0 Å². The highest BCUT2D eigenvalue weighted by Gasteiger charge is 2.30. The van der Waals surface area contributed by atoms with Gasteiger partial charge >= 0.3 is 0 Å². The number of para-hydroxylation sites is 1. The fourth-order valence-electron chi connectivity index (χ4n) is 4.19. The van der Waals surface area contributed by atoms with Crippen LogP contribution in [0.5, 0.6) is 5.75 Å². The van der Waals surface area contributed by atoms with Gasteiger partial charge < -0.3 is 14.6 Å². The standard InChI is InChI=1S/C25H25N3O4S/c1-3-28-21-7-5-4-6-19(21)20-15-18(11-12-22(20)28)26-25(29)16-8-13-23(32-2)24(14-16)33(30,31)27-17-9-10-17/h4-8,11-15,17,27H,3,9-10H2,1-2H3,(H,26,29). The quantitative estimate of drug-likeness (QED) is 0.422. The van der Waals surface area contributed by atoms with E-state index in [9.17, 15) is 13.2 Å². The number of anilines is 1. The van der Waals surface area contributed by atoms with Gasteiger partial charge in [0.25, 0.3) is 5.91 Å². The van der Waals surface area contributed by atoms with E-state index in [2.05, 4.69) is 33.7 Å². The van der Waals surface area contributed by atoms with Crippen LogP contribution in [-0.2, 0) is 16.6 Å². The van der Waals surface area contributed by atoms with Gasteiger partial charge in [0.1, 0.15) is 10.6 Å². The van der Waals surface area contributed by atoms with Crippen molar-refractivity contribution in [3.63, 3.8) is 0 Å². The summed E-state index contributed by atoms with van der Waals surface area (Å²) in [5.74, 6) is -0.187. The predicted molar refractivity (Wildman–Crippen MR) is 129 cm³/mol. The molecule has 0 saturated heterocycles. The number of carbonyl (C=O) groups is 1. The van der Waals surface area contributed by atoms with Crippen molar-refractivity contribution in [1.29, 1.82) is 0 Å². The molecule has 8 heteroatoms. The van der Waals surface area contributed by atoms with Gasteiger partial charge in [-0.2, -0.15) is 0 Å². The van der Waals surface area contributed by atoms with Crippen LogP contribution in [0.4, 0.5) is 5.69 Å². The molecule has 4 aromatic rings. The first-order valence-electron chi connectivity index (χ1n) is 10.9. The van der Waals surface area contributed by atoms with Crippen LogP contribution in [0.25, 0.3) is 21.8 Å². The minimum Gasteiger partial charge on any atom is -0.495 e. The fourth-order valence-corrected chi connectivity index (χ4v) is 5.69. The molecule has 7 nitrogen and oxygen atoms in total. The van der Waals surface area contributed by atoms with Crippen LogP contribution in [0.2, 0.25) is 0 Å². The lowest BCUT2D eigenvalue weighted by molar-refractivity contribution is 0.102. The fraction of sp³-hybridized carbons (Fsp3) is 0.240. The monoisotopic (exact) mass is 463 g/mol. The first-order chi connectivity index (χ1) is 15.9. The summed E-state index contributed by atoms with van der Waals surface area (Å²) in [7, 11) is -2.37. The number of aromatic nitrogens is 1. The second kappa shape index (κ2) is 8.20. The molecule has 1 aromatic heterocycles. The Hall–Kier alpha value is -3.36. The second-order valence-electron chi connectivity index (χ2n) is 8.21. The third kappa shape index (κ3) is 3.96. The van der Waals surface area contributed by atoms with E-state index in [-0.39, 0.29) is 28.2 Å². The van der Waals surface area contributed by atoms with E-state index in [0.717, 1.165) is 41.2 Å². The molecule has 0 atom stereocenters. The summed E-state index contributed by atoms with van der Waals surface area (Å²) < 4.78 is 35.7. The molecular weight excluding hydrogens is 438 g/mol. The van der Waals surface area contributed by atoms with E-state index in [4.69, 9.17) is 4.74 Å². The third-order valence-corrected chi connectivity index (χ3v) is 7.50. The van der Waals surface area contributed by atoms with Crippen molar-refractivity contribution in [2.24, 2.45) is 0 Å². The predicted octanol–water partition coefficient (Wildman–Crippen LogP) is 4.52. The molecule has 2 N–H and O–H groups in total. The Balaban J connectivity index is 1.48. The smallest absolute Gasteiger partial charge is 0.255 e. The maximum absolute atomic E-state index is 13.0. The lowest BCUT2D eigenvalue weighted by Gasteiger charge is -2.12. The number of carbonyl (C=O) groups excluding carboxylic acids is 1. The van der Waals surface area contributed by atoms with Crippen LogP contribution in [0.1, 0.15) is 30.1 Å². The number of nitrogens with one attached hydrogen (secondary N) is 2. The number of nitrogens with zero attached hydrogens (tertiary/aromatic N) is 1. The number of sulfonamides is 1. The average molecular weight is 464 g/mol.